The van der Waals surface area contributed by atoms with Crippen LogP contribution in [-0.4, -0.2) is 15.3 Å². The van der Waals surface area contributed by atoms with E-state index in [0.717, 1.165) is 12.1 Å². The molecule has 12 heteroatoms. The van der Waals surface area contributed by atoms with Gasteiger partial charge in [-0.3, -0.25) is 4.79 Å². The molecule has 1 unspecified atom stereocenters. The molecule has 0 saturated carbocycles. The van der Waals surface area contributed by atoms with Crippen molar-refractivity contribution >= 4 is 23.2 Å². The summed E-state index contributed by atoms with van der Waals surface area (Å²) in [6.07, 6.45) is -4.72. The molecule has 162 valence electrons. The number of rotatable bonds is 3. The van der Waals surface area contributed by atoms with Crippen LogP contribution in [0.4, 0.5) is 13.2 Å². The first-order valence-electron chi connectivity index (χ1n) is 8.67. The zero-order valence-corrected chi connectivity index (χ0v) is 17.5. The van der Waals surface area contributed by atoms with Crippen molar-refractivity contribution in [1.82, 2.24) is 10.1 Å². The van der Waals surface area contributed by atoms with Crippen LogP contribution in [0, 0.1) is 22.7 Å². The molecule has 0 aliphatic carbocycles. The summed E-state index contributed by atoms with van der Waals surface area (Å²) in [6.45, 7) is 1.40. The van der Waals surface area contributed by atoms with Crippen LogP contribution in [0.2, 0.25) is 10.0 Å². The fourth-order valence-electron chi connectivity index (χ4n) is 3.06. The van der Waals surface area contributed by atoms with E-state index >= 15 is 0 Å². The van der Waals surface area contributed by atoms with E-state index in [-0.39, 0.29) is 27.5 Å². The van der Waals surface area contributed by atoms with E-state index in [1.807, 2.05) is 11.2 Å². The van der Waals surface area contributed by atoms with Gasteiger partial charge in [0.25, 0.3) is 0 Å². The van der Waals surface area contributed by atoms with Crippen molar-refractivity contribution in [2.45, 2.75) is 18.5 Å². The van der Waals surface area contributed by atoms with Crippen molar-refractivity contribution < 1.29 is 23.2 Å². The van der Waals surface area contributed by atoms with Gasteiger partial charge in [-0.25, -0.2) is 0 Å². The number of aromatic amines is 1. The quantitative estimate of drug-likeness (QED) is 0.434. The fraction of sp³-hybridized carbons (Fsp3) is 0.150. The summed E-state index contributed by atoms with van der Waals surface area (Å²) >= 11 is 12.0. The van der Waals surface area contributed by atoms with Crippen LogP contribution in [0.15, 0.2) is 41.2 Å². The largest absolute Gasteiger partial charge is 0.417 e. The average Bonchev–Trinajstić information content (AvgIpc) is 2.72. The number of nitrogens with one attached hydrogen (secondary N) is 1. The molecule has 0 spiro atoms. The van der Waals surface area contributed by atoms with Crippen molar-refractivity contribution in [3.05, 3.63) is 79.2 Å². The Bertz CT molecular complexity index is 1380. The summed E-state index contributed by atoms with van der Waals surface area (Å²) in [7, 11) is 0. The van der Waals surface area contributed by atoms with Crippen molar-refractivity contribution in [3.8, 4) is 23.5 Å². The fourth-order valence-corrected chi connectivity index (χ4v) is 3.66. The monoisotopic (exact) mass is 480 g/mol. The van der Waals surface area contributed by atoms with Gasteiger partial charge >= 0.3 is 23.3 Å². The number of nitriles is 2. The van der Waals surface area contributed by atoms with Crippen LogP contribution in [-0.2, 0) is 11.6 Å². The Morgan fingerprint density at radius 1 is 1.09 bits per heavy atom. The molecule has 2 N–H and O–H groups in total. The van der Waals surface area contributed by atoms with Gasteiger partial charge in [0, 0.05) is 9.87 Å². The molecule has 3 rings (SSSR count). The third kappa shape index (κ3) is 3.98. The van der Waals surface area contributed by atoms with E-state index in [4.69, 9.17) is 28.5 Å². The minimum atomic E-state index is -4.72. The lowest BCUT2D eigenvalue weighted by Crippen LogP contribution is -2.44. The third-order valence-electron chi connectivity index (χ3n) is 4.79. The SMILES string of the molecule is CC(C#N)(c1ccc(Cl)c(C(F)(F)F)c1)c1ccc(-c2nc(C#N)c(=O)[nH][n+]2O)cc1Cl. The van der Waals surface area contributed by atoms with Crippen LogP contribution >= 0.6 is 23.2 Å². The standard InChI is InChI=1S/C20H10Cl2F3N5O2/c1-19(9-27,11-3-5-14(21)13(7-11)20(23,24)25)12-4-2-10(6-15(12)22)17-28-16(8-26)18(31)29-30(17)32/h2-7H,1H3,(H-,29,31,32)/p+1. The zero-order chi connectivity index (χ0) is 23.8. The minimum absolute atomic E-state index is 0.0116. The maximum Gasteiger partial charge on any atom is 0.417 e. The summed E-state index contributed by atoms with van der Waals surface area (Å²) < 4.78 is 39.9. The highest BCUT2D eigenvalue weighted by atomic mass is 35.5. The summed E-state index contributed by atoms with van der Waals surface area (Å²) in [5, 5.41) is 30.2. The molecule has 2 aromatic carbocycles. The van der Waals surface area contributed by atoms with Crippen LogP contribution in [0.3, 0.4) is 0 Å². The van der Waals surface area contributed by atoms with E-state index in [2.05, 4.69) is 4.98 Å². The highest BCUT2D eigenvalue weighted by Crippen LogP contribution is 2.41. The highest BCUT2D eigenvalue weighted by Gasteiger charge is 2.38. The van der Waals surface area contributed by atoms with E-state index < -0.39 is 33.4 Å². The van der Waals surface area contributed by atoms with Crippen LogP contribution in [0.25, 0.3) is 11.4 Å². The number of hydrogen-bond donors (Lipinski definition) is 2. The van der Waals surface area contributed by atoms with Gasteiger partial charge in [0.2, 0.25) is 0 Å². The smallest absolute Gasteiger partial charge is 0.330 e. The normalized spacial score (nSPS) is 13.1. The molecular formula is C20H11Cl2F3N5O2+. The molecule has 0 aliphatic rings. The van der Waals surface area contributed by atoms with Crippen molar-refractivity contribution in [1.29, 1.82) is 10.5 Å². The minimum Gasteiger partial charge on any atom is -0.330 e. The maximum absolute atomic E-state index is 13.3. The summed E-state index contributed by atoms with van der Waals surface area (Å²) in [6, 6.07) is 10.8. The van der Waals surface area contributed by atoms with Crippen molar-refractivity contribution in [2.75, 3.05) is 0 Å². The molecule has 1 aromatic heterocycles. The number of halogens is 5. The molecule has 3 aromatic rings. The Kier molecular flexibility index (Phi) is 5.88. The van der Waals surface area contributed by atoms with Crippen LogP contribution in [0.1, 0.15) is 29.3 Å². The Balaban J connectivity index is 2.16. The zero-order valence-electron chi connectivity index (χ0n) is 16.0. The van der Waals surface area contributed by atoms with Gasteiger partial charge in [0.1, 0.15) is 5.41 Å². The molecule has 1 heterocycles. The van der Waals surface area contributed by atoms with Gasteiger partial charge in [-0.2, -0.15) is 23.7 Å². The lowest BCUT2D eigenvalue weighted by molar-refractivity contribution is -0.942. The van der Waals surface area contributed by atoms with Crippen molar-refractivity contribution in [3.63, 3.8) is 0 Å². The first kappa shape index (κ1) is 23.1. The van der Waals surface area contributed by atoms with E-state index in [1.165, 1.54) is 31.2 Å². The molecule has 32 heavy (non-hydrogen) atoms. The Morgan fingerprint density at radius 2 is 1.78 bits per heavy atom. The molecule has 0 saturated heterocycles. The Labute approximate surface area is 188 Å². The lowest BCUT2D eigenvalue weighted by atomic mass is 9.77. The first-order valence-corrected chi connectivity index (χ1v) is 9.42. The molecule has 1 atom stereocenters. The second kappa shape index (κ2) is 8.15. The van der Waals surface area contributed by atoms with Crippen molar-refractivity contribution in [2.24, 2.45) is 0 Å². The van der Waals surface area contributed by atoms with Gasteiger partial charge in [0.15, 0.2) is 6.07 Å². The number of alkyl halides is 3. The van der Waals surface area contributed by atoms with Gasteiger partial charge < -0.3 is 5.21 Å². The van der Waals surface area contributed by atoms with Gasteiger partial charge in [-0.1, -0.05) is 35.3 Å². The molecular weight excluding hydrogens is 470 g/mol. The predicted molar refractivity (Wildman–Crippen MR) is 106 cm³/mol. The Hall–Kier alpha value is -3.60. The number of H-pyrrole nitrogens is 1. The second-order valence-electron chi connectivity index (χ2n) is 6.77. The van der Waals surface area contributed by atoms with Crippen LogP contribution < -0.4 is 10.4 Å². The van der Waals surface area contributed by atoms with E-state index in [0.29, 0.717) is 4.85 Å². The van der Waals surface area contributed by atoms with E-state index in [1.54, 1.807) is 6.07 Å². The number of aromatic nitrogens is 3. The molecule has 7 nitrogen and oxygen atoms in total. The summed E-state index contributed by atoms with van der Waals surface area (Å²) in [4.78, 5) is 15.6. The lowest BCUT2D eigenvalue weighted by Gasteiger charge is -2.25. The topological polar surface area (TPSA) is 117 Å². The number of hydrogen-bond acceptors (Lipinski definition) is 5. The average molecular weight is 481 g/mol. The highest BCUT2D eigenvalue weighted by molar-refractivity contribution is 6.32. The predicted octanol–water partition coefficient (Wildman–Crippen LogP) is 3.99. The summed E-state index contributed by atoms with van der Waals surface area (Å²) in [5.74, 6) is -0.223. The van der Waals surface area contributed by atoms with Gasteiger partial charge in [0.05, 0.1) is 22.2 Å². The van der Waals surface area contributed by atoms with E-state index in [9.17, 15) is 28.4 Å². The molecule has 0 aliphatic heterocycles. The van der Waals surface area contributed by atoms with Gasteiger partial charge in [-0.15, -0.1) is 5.10 Å². The number of benzene rings is 2. The van der Waals surface area contributed by atoms with Gasteiger partial charge in [-0.05, 0) is 47.3 Å². The third-order valence-corrected chi connectivity index (χ3v) is 5.43. The Morgan fingerprint density at radius 3 is 2.34 bits per heavy atom. The molecule has 0 fully saturated rings. The number of nitrogens with zero attached hydrogens (tertiary/aromatic N) is 4. The second-order valence-corrected chi connectivity index (χ2v) is 7.59. The van der Waals surface area contributed by atoms with Crippen LogP contribution in [0.5, 0.6) is 0 Å². The molecule has 0 bridgehead atoms. The molecule has 0 amide bonds. The summed E-state index contributed by atoms with van der Waals surface area (Å²) in [5.41, 5.74) is -3.75. The molecule has 0 radical (unpaired) electrons. The first-order chi connectivity index (χ1) is 14.9. The maximum atomic E-state index is 13.3.